The minimum absolute atomic E-state index is 0.00383. The first-order chi connectivity index (χ1) is 9.55. The van der Waals surface area contributed by atoms with E-state index < -0.39 is 31.5 Å². The highest BCUT2D eigenvalue weighted by molar-refractivity contribution is 5.30. The number of aliphatic hydroxyl groups excluding tert-OH is 4. The van der Waals surface area contributed by atoms with Crippen molar-refractivity contribution in [3.05, 3.63) is 24.3 Å². The van der Waals surface area contributed by atoms with E-state index in [9.17, 15) is 5.11 Å². The zero-order chi connectivity index (χ0) is 15.0. The van der Waals surface area contributed by atoms with Gasteiger partial charge in [-0.2, -0.15) is 0 Å². The van der Waals surface area contributed by atoms with Crippen LogP contribution in [0.1, 0.15) is 0 Å². The minimum Gasteiger partial charge on any atom is -0.508 e. The Morgan fingerprint density at radius 3 is 2.10 bits per heavy atom. The molecule has 20 heavy (non-hydrogen) atoms. The summed E-state index contributed by atoms with van der Waals surface area (Å²) in [6.45, 7) is -1.32. The van der Waals surface area contributed by atoms with Gasteiger partial charge in [0.15, 0.2) is 0 Å². The van der Waals surface area contributed by atoms with Gasteiger partial charge in [0.2, 0.25) is 0 Å². The fourth-order valence-electron chi connectivity index (χ4n) is 1.45. The monoisotopic (exact) mass is 287 g/mol. The van der Waals surface area contributed by atoms with Crippen molar-refractivity contribution in [1.82, 2.24) is 5.32 Å². The maximum Gasteiger partial charge on any atom is 0.119 e. The van der Waals surface area contributed by atoms with Crippen LogP contribution < -0.4 is 10.1 Å². The predicted molar refractivity (Wildman–Crippen MR) is 71.6 cm³/mol. The molecule has 114 valence electrons. The molecule has 7 nitrogen and oxygen atoms in total. The van der Waals surface area contributed by atoms with E-state index >= 15 is 0 Å². The summed E-state index contributed by atoms with van der Waals surface area (Å²) in [5.74, 6) is 0.623. The number of ether oxygens (including phenoxy) is 1. The van der Waals surface area contributed by atoms with Crippen molar-refractivity contribution in [3.8, 4) is 11.5 Å². The normalized spacial score (nSPS) is 13.2. The van der Waals surface area contributed by atoms with Gasteiger partial charge in [0.1, 0.15) is 24.2 Å². The van der Waals surface area contributed by atoms with Crippen LogP contribution in [0, 0.1) is 0 Å². The van der Waals surface area contributed by atoms with Crippen LogP contribution >= 0.6 is 0 Å². The summed E-state index contributed by atoms with van der Waals surface area (Å²) in [4.78, 5) is 0. The van der Waals surface area contributed by atoms with Gasteiger partial charge in [-0.3, -0.25) is 0 Å². The molecule has 0 fully saturated rings. The number of aliphatic hydroxyl groups is 4. The molecule has 0 radical (unpaired) electrons. The molecule has 0 heterocycles. The van der Waals surface area contributed by atoms with Gasteiger partial charge in [-0.1, -0.05) is 0 Å². The third-order valence-corrected chi connectivity index (χ3v) is 2.90. The van der Waals surface area contributed by atoms with E-state index in [0.717, 1.165) is 0 Å². The number of rotatable bonds is 9. The summed E-state index contributed by atoms with van der Waals surface area (Å²) >= 11 is 0. The number of phenolic OH excluding ortho intramolecular Hbond substituents is 1. The number of β-amino-alcohol motifs (C(OH)–C–C–N with tert-alkyl or cyclic N) is 1. The van der Waals surface area contributed by atoms with E-state index in [0.29, 0.717) is 5.75 Å². The zero-order valence-electron chi connectivity index (χ0n) is 11.1. The lowest BCUT2D eigenvalue weighted by Crippen LogP contribution is -2.57. The summed E-state index contributed by atoms with van der Waals surface area (Å²) in [6.07, 6.45) is -0.882. The standard InChI is InChI=1S/C13H21NO6/c15-7-13(8-16,9-17)14-5-11(19)6-20-12-3-1-10(18)2-4-12/h1-4,11,14-19H,5-9H2. The Balaban J connectivity index is 2.36. The van der Waals surface area contributed by atoms with E-state index in [1.54, 1.807) is 12.1 Å². The van der Waals surface area contributed by atoms with E-state index in [1.807, 2.05) is 0 Å². The fourth-order valence-corrected chi connectivity index (χ4v) is 1.45. The summed E-state index contributed by atoms with van der Waals surface area (Å²) < 4.78 is 5.30. The molecule has 0 aromatic heterocycles. The molecule has 0 aliphatic rings. The Hall–Kier alpha value is -1.38. The summed E-state index contributed by atoms with van der Waals surface area (Å²) in [7, 11) is 0. The van der Waals surface area contributed by atoms with E-state index in [-0.39, 0.29) is 18.9 Å². The lowest BCUT2D eigenvalue weighted by Gasteiger charge is -2.29. The number of nitrogens with one attached hydrogen (secondary N) is 1. The van der Waals surface area contributed by atoms with Gasteiger partial charge >= 0.3 is 0 Å². The van der Waals surface area contributed by atoms with E-state index in [2.05, 4.69) is 5.32 Å². The summed E-state index contributed by atoms with van der Waals surface area (Å²) in [5.41, 5.74) is -1.22. The molecule has 0 aliphatic heterocycles. The smallest absolute Gasteiger partial charge is 0.119 e. The highest BCUT2D eigenvalue weighted by atomic mass is 16.5. The van der Waals surface area contributed by atoms with Crippen LogP contribution in [0.15, 0.2) is 24.3 Å². The maximum absolute atomic E-state index is 9.73. The molecule has 6 N–H and O–H groups in total. The largest absolute Gasteiger partial charge is 0.508 e. The fraction of sp³-hybridized carbons (Fsp3) is 0.538. The average Bonchev–Trinajstić information content (AvgIpc) is 2.48. The van der Waals surface area contributed by atoms with Crippen LogP contribution in [-0.4, -0.2) is 70.1 Å². The first kappa shape index (κ1) is 16.7. The van der Waals surface area contributed by atoms with Crippen molar-refractivity contribution in [2.45, 2.75) is 11.6 Å². The second kappa shape index (κ2) is 8.03. The van der Waals surface area contributed by atoms with Crippen molar-refractivity contribution < 1.29 is 30.3 Å². The Morgan fingerprint density at radius 2 is 1.60 bits per heavy atom. The SMILES string of the molecule is OCC(CO)(CO)NCC(O)COc1ccc(O)cc1. The number of aromatic hydroxyl groups is 1. The topological polar surface area (TPSA) is 122 Å². The van der Waals surface area contributed by atoms with Crippen LogP contribution in [0.25, 0.3) is 0 Å². The lowest BCUT2D eigenvalue weighted by atomic mass is 10.0. The van der Waals surface area contributed by atoms with Gasteiger partial charge < -0.3 is 35.6 Å². The summed E-state index contributed by atoms with van der Waals surface area (Å²) in [6, 6.07) is 6.06. The molecule has 1 aromatic rings. The molecule has 7 heteroatoms. The first-order valence-electron chi connectivity index (χ1n) is 6.23. The predicted octanol–water partition coefficient (Wildman–Crippen LogP) is -1.56. The van der Waals surface area contributed by atoms with Crippen LogP contribution in [0.2, 0.25) is 0 Å². The Kier molecular flexibility index (Phi) is 6.69. The van der Waals surface area contributed by atoms with Crippen molar-refractivity contribution in [2.24, 2.45) is 0 Å². The number of phenols is 1. The Bertz CT molecular complexity index is 371. The lowest BCUT2D eigenvalue weighted by molar-refractivity contribution is 0.0260. The van der Waals surface area contributed by atoms with Gasteiger partial charge in [-0.25, -0.2) is 0 Å². The molecular formula is C13H21NO6. The van der Waals surface area contributed by atoms with Crippen molar-refractivity contribution >= 4 is 0 Å². The molecule has 1 unspecified atom stereocenters. The maximum atomic E-state index is 9.73. The van der Waals surface area contributed by atoms with Crippen LogP contribution in [0.4, 0.5) is 0 Å². The third kappa shape index (κ3) is 4.95. The Labute approximate surface area is 117 Å². The van der Waals surface area contributed by atoms with Crippen LogP contribution in [0.5, 0.6) is 11.5 Å². The molecular weight excluding hydrogens is 266 g/mol. The first-order valence-corrected chi connectivity index (χ1v) is 6.23. The van der Waals surface area contributed by atoms with Crippen LogP contribution in [0.3, 0.4) is 0 Å². The number of hydrogen-bond donors (Lipinski definition) is 6. The second-order valence-corrected chi connectivity index (χ2v) is 4.59. The van der Waals surface area contributed by atoms with Crippen molar-refractivity contribution in [3.63, 3.8) is 0 Å². The molecule has 0 saturated carbocycles. The molecule has 0 spiro atoms. The molecule has 0 saturated heterocycles. The summed E-state index contributed by atoms with van der Waals surface area (Å²) in [5, 5.41) is 48.9. The number of hydrogen-bond acceptors (Lipinski definition) is 7. The molecule has 0 aliphatic carbocycles. The van der Waals surface area contributed by atoms with Gasteiger partial charge in [0, 0.05) is 6.54 Å². The van der Waals surface area contributed by atoms with Crippen molar-refractivity contribution in [1.29, 1.82) is 0 Å². The zero-order valence-corrected chi connectivity index (χ0v) is 11.1. The highest BCUT2D eigenvalue weighted by Crippen LogP contribution is 2.15. The van der Waals surface area contributed by atoms with Crippen molar-refractivity contribution in [2.75, 3.05) is 33.0 Å². The molecule has 0 amide bonds. The minimum atomic E-state index is -1.22. The number of benzene rings is 1. The van der Waals surface area contributed by atoms with Crippen LogP contribution in [-0.2, 0) is 0 Å². The quantitative estimate of drug-likeness (QED) is 0.325. The molecule has 1 aromatic carbocycles. The molecule has 1 atom stereocenters. The molecule has 0 bridgehead atoms. The van der Waals surface area contributed by atoms with E-state index in [4.69, 9.17) is 25.2 Å². The third-order valence-electron chi connectivity index (χ3n) is 2.90. The average molecular weight is 287 g/mol. The highest BCUT2D eigenvalue weighted by Gasteiger charge is 2.28. The molecule has 1 rings (SSSR count). The van der Waals surface area contributed by atoms with E-state index in [1.165, 1.54) is 12.1 Å². The Morgan fingerprint density at radius 1 is 1.05 bits per heavy atom. The van der Waals surface area contributed by atoms with Gasteiger partial charge in [0.25, 0.3) is 0 Å². The van der Waals surface area contributed by atoms with Gasteiger partial charge in [-0.15, -0.1) is 0 Å². The second-order valence-electron chi connectivity index (χ2n) is 4.59. The van der Waals surface area contributed by atoms with Gasteiger partial charge in [-0.05, 0) is 24.3 Å². The van der Waals surface area contributed by atoms with Gasteiger partial charge in [0.05, 0.1) is 25.4 Å².